The van der Waals surface area contributed by atoms with Crippen LogP contribution in [0.25, 0.3) is 16.6 Å². The molecule has 0 aromatic carbocycles. The van der Waals surface area contributed by atoms with Crippen LogP contribution < -0.4 is 0 Å². The SMILES string of the molecule is O=C(O)Cc1cnn2ccc(-c3cnccc3C(F)(F)F)cc12. The normalized spacial score (nSPS) is 11.8. The van der Waals surface area contributed by atoms with Gasteiger partial charge in [0.1, 0.15) is 0 Å². The van der Waals surface area contributed by atoms with Crippen molar-refractivity contribution in [1.82, 2.24) is 14.6 Å². The molecule has 0 aliphatic carbocycles. The lowest BCUT2D eigenvalue weighted by atomic mass is 10.0. The predicted octanol–water partition coefficient (Wildman–Crippen LogP) is 3.04. The zero-order valence-corrected chi connectivity index (χ0v) is 11.6. The monoisotopic (exact) mass is 321 g/mol. The molecule has 5 nitrogen and oxygen atoms in total. The van der Waals surface area contributed by atoms with Gasteiger partial charge in [-0.05, 0) is 23.8 Å². The maximum absolute atomic E-state index is 13.1. The smallest absolute Gasteiger partial charge is 0.417 e. The number of hydrogen-bond donors (Lipinski definition) is 1. The Morgan fingerprint density at radius 2 is 2.04 bits per heavy atom. The van der Waals surface area contributed by atoms with E-state index in [1.165, 1.54) is 29.0 Å². The number of alkyl halides is 3. The Balaban J connectivity index is 2.16. The van der Waals surface area contributed by atoms with Crippen LogP contribution in [0.15, 0.2) is 43.0 Å². The van der Waals surface area contributed by atoms with Crippen molar-refractivity contribution in [2.24, 2.45) is 0 Å². The summed E-state index contributed by atoms with van der Waals surface area (Å²) in [7, 11) is 0. The van der Waals surface area contributed by atoms with Gasteiger partial charge in [0, 0.05) is 29.7 Å². The Kier molecular flexibility index (Phi) is 3.51. The summed E-state index contributed by atoms with van der Waals surface area (Å²) >= 11 is 0. The molecule has 0 saturated heterocycles. The molecular formula is C15H10F3N3O2. The first kappa shape index (κ1) is 15.0. The van der Waals surface area contributed by atoms with Crippen LogP contribution in [0.3, 0.4) is 0 Å². The molecular weight excluding hydrogens is 311 g/mol. The third kappa shape index (κ3) is 2.87. The number of pyridine rings is 2. The summed E-state index contributed by atoms with van der Waals surface area (Å²) in [4.78, 5) is 14.6. The fourth-order valence-electron chi connectivity index (χ4n) is 2.37. The summed E-state index contributed by atoms with van der Waals surface area (Å²) in [6, 6.07) is 3.88. The van der Waals surface area contributed by atoms with Gasteiger partial charge in [0.25, 0.3) is 0 Å². The van der Waals surface area contributed by atoms with E-state index in [4.69, 9.17) is 5.11 Å². The second-order valence-corrected chi connectivity index (χ2v) is 4.90. The quantitative estimate of drug-likeness (QED) is 0.805. The molecule has 0 amide bonds. The first-order valence-corrected chi connectivity index (χ1v) is 6.56. The lowest BCUT2D eigenvalue weighted by molar-refractivity contribution is -0.137. The zero-order chi connectivity index (χ0) is 16.6. The number of aliphatic carboxylic acids is 1. The molecule has 8 heteroatoms. The maximum atomic E-state index is 13.1. The van der Waals surface area contributed by atoms with Gasteiger partial charge in [0.05, 0.1) is 23.7 Å². The van der Waals surface area contributed by atoms with Gasteiger partial charge in [0.15, 0.2) is 0 Å². The van der Waals surface area contributed by atoms with Gasteiger partial charge in [-0.1, -0.05) is 0 Å². The minimum absolute atomic E-state index is 0.0648. The van der Waals surface area contributed by atoms with Gasteiger partial charge in [-0.3, -0.25) is 9.78 Å². The van der Waals surface area contributed by atoms with Gasteiger partial charge in [0.2, 0.25) is 0 Å². The second kappa shape index (κ2) is 5.38. The maximum Gasteiger partial charge on any atom is 0.417 e. The third-order valence-corrected chi connectivity index (χ3v) is 3.38. The van der Waals surface area contributed by atoms with Crippen LogP contribution in [-0.2, 0) is 17.4 Å². The summed E-state index contributed by atoms with van der Waals surface area (Å²) in [5.41, 5.74) is 0.310. The number of rotatable bonds is 3. The molecule has 23 heavy (non-hydrogen) atoms. The van der Waals surface area contributed by atoms with E-state index in [9.17, 15) is 18.0 Å². The van der Waals surface area contributed by atoms with Crippen LogP contribution >= 0.6 is 0 Å². The van der Waals surface area contributed by atoms with Crippen molar-refractivity contribution >= 4 is 11.5 Å². The minimum Gasteiger partial charge on any atom is -0.481 e. The minimum atomic E-state index is -4.51. The van der Waals surface area contributed by atoms with Crippen LogP contribution in [0, 0.1) is 0 Å². The highest BCUT2D eigenvalue weighted by Gasteiger charge is 2.33. The van der Waals surface area contributed by atoms with Gasteiger partial charge in [-0.2, -0.15) is 18.3 Å². The van der Waals surface area contributed by atoms with Crippen molar-refractivity contribution in [3.63, 3.8) is 0 Å². The average molecular weight is 321 g/mol. The standard InChI is InChI=1S/C15H10F3N3O2/c16-15(17,18)12-1-3-19-8-11(12)9-2-4-21-13(5-9)10(7-20-21)6-14(22)23/h1-5,7-8H,6H2,(H,22,23). The van der Waals surface area contributed by atoms with Crippen LogP contribution in [0.2, 0.25) is 0 Å². The fourth-order valence-corrected chi connectivity index (χ4v) is 2.37. The molecule has 3 aromatic rings. The van der Waals surface area contributed by atoms with Gasteiger partial charge >= 0.3 is 12.1 Å². The van der Waals surface area contributed by atoms with Crippen molar-refractivity contribution in [3.05, 3.63) is 54.1 Å². The average Bonchev–Trinajstić information content (AvgIpc) is 2.88. The first-order chi connectivity index (χ1) is 10.9. The van der Waals surface area contributed by atoms with Crippen LogP contribution in [0.4, 0.5) is 13.2 Å². The van der Waals surface area contributed by atoms with E-state index >= 15 is 0 Å². The number of halogens is 3. The predicted molar refractivity (Wildman–Crippen MR) is 74.8 cm³/mol. The molecule has 118 valence electrons. The number of fused-ring (bicyclic) bond motifs is 1. The number of carboxylic acids is 1. The molecule has 0 bridgehead atoms. The largest absolute Gasteiger partial charge is 0.481 e. The van der Waals surface area contributed by atoms with Crippen molar-refractivity contribution in [3.8, 4) is 11.1 Å². The molecule has 3 aromatic heterocycles. The fraction of sp³-hybridized carbons (Fsp3) is 0.133. The van der Waals surface area contributed by atoms with Crippen molar-refractivity contribution in [1.29, 1.82) is 0 Å². The molecule has 0 atom stereocenters. The lowest BCUT2D eigenvalue weighted by Gasteiger charge is -2.12. The Morgan fingerprint density at radius 3 is 2.74 bits per heavy atom. The van der Waals surface area contributed by atoms with Crippen LogP contribution in [0.1, 0.15) is 11.1 Å². The number of carboxylic acid groups (broad SMARTS) is 1. The summed E-state index contributed by atoms with van der Waals surface area (Å²) in [5, 5.41) is 12.9. The first-order valence-electron chi connectivity index (χ1n) is 6.56. The summed E-state index contributed by atoms with van der Waals surface area (Å²) < 4.78 is 40.8. The van der Waals surface area contributed by atoms with Gasteiger partial charge in [-0.25, -0.2) is 4.52 Å². The van der Waals surface area contributed by atoms with E-state index < -0.39 is 17.7 Å². The van der Waals surface area contributed by atoms with Crippen molar-refractivity contribution in [2.45, 2.75) is 12.6 Å². The second-order valence-electron chi connectivity index (χ2n) is 4.90. The highest BCUT2D eigenvalue weighted by atomic mass is 19.4. The number of aromatic nitrogens is 3. The van der Waals surface area contributed by atoms with Crippen LogP contribution in [0.5, 0.6) is 0 Å². The molecule has 3 heterocycles. The molecule has 0 aliphatic rings. The third-order valence-electron chi connectivity index (χ3n) is 3.38. The zero-order valence-electron chi connectivity index (χ0n) is 11.6. The van der Waals surface area contributed by atoms with Gasteiger partial charge < -0.3 is 5.11 Å². The highest BCUT2D eigenvalue weighted by Crippen LogP contribution is 2.36. The van der Waals surface area contributed by atoms with E-state index in [0.717, 1.165) is 18.5 Å². The number of carbonyl (C=O) groups is 1. The van der Waals surface area contributed by atoms with E-state index in [0.29, 0.717) is 16.6 Å². The molecule has 0 aliphatic heterocycles. The highest BCUT2D eigenvalue weighted by molar-refractivity contribution is 5.77. The molecule has 0 radical (unpaired) electrons. The molecule has 3 rings (SSSR count). The number of nitrogens with zero attached hydrogens (tertiary/aromatic N) is 3. The Labute approximate surface area is 128 Å². The molecule has 1 N–H and O–H groups in total. The van der Waals surface area contributed by atoms with E-state index in [2.05, 4.69) is 10.1 Å². The summed E-state index contributed by atoms with van der Waals surface area (Å²) in [5.74, 6) is -1.04. The van der Waals surface area contributed by atoms with Crippen molar-refractivity contribution in [2.75, 3.05) is 0 Å². The summed E-state index contributed by atoms with van der Waals surface area (Å²) in [6.07, 6.45) is 0.340. The van der Waals surface area contributed by atoms with E-state index in [1.807, 2.05) is 0 Å². The van der Waals surface area contributed by atoms with Gasteiger partial charge in [-0.15, -0.1) is 0 Å². The molecule has 0 unspecified atom stereocenters. The molecule has 0 saturated carbocycles. The van der Waals surface area contributed by atoms with Crippen LogP contribution in [-0.4, -0.2) is 25.7 Å². The van der Waals surface area contributed by atoms with E-state index in [-0.39, 0.29) is 12.0 Å². The van der Waals surface area contributed by atoms with Crippen molar-refractivity contribution < 1.29 is 23.1 Å². The topological polar surface area (TPSA) is 67.5 Å². The Hall–Kier alpha value is -2.90. The van der Waals surface area contributed by atoms with E-state index in [1.54, 1.807) is 0 Å². The Morgan fingerprint density at radius 1 is 1.26 bits per heavy atom. The summed E-state index contributed by atoms with van der Waals surface area (Å²) in [6.45, 7) is 0. The Bertz CT molecular complexity index is 887. The number of hydrogen-bond acceptors (Lipinski definition) is 3. The molecule has 0 fully saturated rings. The molecule has 0 spiro atoms. The lowest BCUT2D eigenvalue weighted by Crippen LogP contribution is -2.07.